The zero-order valence-corrected chi connectivity index (χ0v) is 47.5. The SMILES string of the molecule is Cc1cc(Oc2[c-]c(C3=N[C@@H]4c5cc(C)c(C)c(C)c5-c5c(cc(C)c(C)c5C)[C@]4(C)N3c3c(C)ccc(C)c3C)cc(C(C)C)c2)[c-]c(N2c3ccc(C(C)(C)C)cc3C(C)(C)c3cccnc32)c1.[Pt+2]. The van der Waals surface area contributed by atoms with E-state index in [-0.39, 0.29) is 43.9 Å². The number of aromatic nitrogens is 1. The quantitative estimate of drug-likeness (QED) is 0.156. The summed E-state index contributed by atoms with van der Waals surface area (Å²) < 4.78 is 7.08. The number of ether oxygens (including phenoxy) is 1. The minimum absolute atomic E-state index is 0. The molecule has 366 valence electrons. The maximum atomic E-state index is 7.08. The average molecular weight is 1120 g/mol. The fourth-order valence-corrected chi connectivity index (χ4v) is 11.9. The van der Waals surface area contributed by atoms with Crippen molar-refractivity contribution in [2.75, 3.05) is 9.80 Å². The molecule has 2 atom stereocenters. The van der Waals surface area contributed by atoms with Gasteiger partial charge in [-0.1, -0.05) is 116 Å². The Hall–Kier alpha value is -5.77. The zero-order valence-electron chi connectivity index (χ0n) is 45.3. The van der Waals surface area contributed by atoms with Gasteiger partial charge in [0.15, 0.2) is 0 Å². The van der Waals surface area contributed by atoms with Crippen LogP contribution in [0.25, 0.3) is 11.1 Å². The standard InChI is InChI=1S/C65H70N4O.Pt/c1-35(2)46-30-47(32-51(31-46)70-50-27-36(3)26-49(34-50)68-56-24-23-48(63(13,14)15)33-54(56)64(16,17)53-20-19-25-66-62(53)68)61-67-60-52-28-39(6)41(8)44(11)57(52)58-45(12)42(9)40(7)29-55(58)65(60,18)69(61)59-38(5)22-21-37(4)43(59)10;/h19-31,33,35,60H,1-18H3;/q-2;+2/t60-,65+;/m1./s1. The van der Waals surface area contributed by atoms with Crippen LogP contribution in [0.4, 0.5) is 22.9 Å². The van der Waals surface area contributed by atoms with Gasteiger partial charge in [0.05, 0.1) is 17.4 Å². The molecular weight excluding hydrogens is 1050 g/mol. The second-order valence-electron chi connectivity index (χ2n) is 23.0. The molecule has 3 aliphatic rings. The van der Waals surface area contributed by atoms with Crippen LogP contribution in [0.15, 0.2) is 90.1 Å². The van der Waals surface area contributed by atoms with Gasteiger partial charge in [0, 0.05) is 40.0 Å². The number of hydrogen-bond donors (Lipinski definition) is 0. The molecule has 3 heterocycles. The van der Waals surface area contributed by atoms with Gasteiger partial charge in [-0.05, 0) is 176 Å². The first-order valence-corrected chi connectivity index (χ1v) is 25.3. The molecule has 0 bridgehead atoms. The molecule has 1 aromatic heterocycles. The number of rotatable bonds is 6. The van der Waals surface area contributed by atoms with Crippen LogP contribution in [0, 0.1) is 81.4 Å². The fraction of sp³-hybridized carbons (Fsp3) is 0.354. The van der Waals surface area contributed by atoms with E-state index < -0.39 is 5.54 Å². The van der Waals surface area contributed by atoms with Gasteiger partial charge in [-0.25, -0.2) is 4.98 Å². The van der Waals surface area contributed by atoms with Crippen molar-refractivity contribution < 1.29 is 25.8 Å². The van der Waals surface area contributed by atoms with Crippen LogP contribution in [0.2, 0.25) is 0 Å². The van der Waals surface area contributed by atoms with Gasteiger partial charge in [0.2, 0.25) is 0 Å². The molecule has 0 N–H and O–H groups in total. The molecule has 6 heteroatoms. The maximum absolute atomic E-state index is 7.08. The predicted molar refractivity (Wildman–Crippen MR) is 293 cm³/mol. The van der Waals surface area contributed by atoms with Gasteiger partial charge < -0.3 is 19.5 Å². The number of pyridine rings is 1. The Kier molecular flexibility index (Phi) is 12.3. The summed E-state index contributed by atoms with van der Waals surface area (Å²) in [5.74, 6) is 3.27. The summed E-state index contributed by atoms with van der Waals surface area (Å²) in [6.45, 7) is 41.0. The Morgan fingerprint density at radius 2 is 1.31 bits per heavy atom. The van der Waals surface area contributed by atoms with Crippen LogP contribution in [0.3, 0.4) is 0 Å². The average Bonchev–Trinajstić information content (AvgIpc) is 3.62. The van der Waals surface area contributed by atoms with Crippen molar-refractivity contribution in [2.45, 2.75) is 153 Å². The monoisotopic (exact) mass is 1120 g/mol. The summed E-state index contributed by atoms with van der Waals surface area (Å²) in [5.41, 5.74) is 26.2. The van der Waals surface area contributed by atoms with Crippen LogP contribution in [0.1, 0.15) is 162 Å². The van der Waals surface area contributed by atoms with E-state index in [2.05, 4.69) is 225 Å². The van der Waals surface area contributed by atoms with Gasteiger partial charge in [-0.2, -0.15) is 5.56 Å². The Bertz CT molecular complexity index is 3390. The van der Waals surface area contributed by atoms with Crippen molar-refractivity contribution in [2.24, 2.45) is 4.99 Å². The molecule has 10 rings (SSSR count). The largest absolute Gasteiger partial charge is 2.00 e. The van der Waals surface area contributed by atoms with E-state index >= 15 is 0 Å². The third-order valence-electron chi connectivity index (χ3n) is 16.7. The van der Waals surface area contributed by atoms with Crippen LogP contribution < -0.4 is 14.5 Å². The Morgan fingerprint density at radius 1 is 0.648 bits per heavy atom. The van der Waals surface area contributed by atoms with Crippen molar-refractivity contribution in [3.05, 3.63) is 192 Å². The number of fused-ring (bicyclic) bond motifs is 8. The molecule has 0 spiro atoms. The van der Waals surface area contributed by atoms with Crippen molar-refractivity contribution in [1.82, 2.24) is 4.98 Å². The molecule has 0 fully saturated rings. The van der Waals surface area contributed by atoms with Crippen LogP contribution in [-0.4, -0.2) is 10.8 Å². The maximum Gasteiger partial charge on any atom is 2.00 e. The second kappa shape index (κ2) is 17.5. The zero-order chi connectivity index (χ0) is 50.3. The molecule has 0 saturated carbocycles. The Balaban J connectivity index is 0.00000624. The molecule has 0 saturated heterocycles. The number of nitrogens with zero attached hydrogens (tertiary/aromatic N) is 4. The Labute approximate surface area is 439 Å². The first-order chi connectivity index (χ1) is 32.9. The molecule has 7 aromatic rings. The van der Waals surface area contributed by atoms with Crippen molar-refractivity contribution in [3.63, 3.8) is 0 Å². The summed E-state index contributed by atoms with van der Waals surface area (Å²) >= 11 is 0. The number of benzene rings is 6. The molecule has 0 unspecified atom stereocenters. The normalized spacial score (nSPS) is 17.5. The first kappa shape index (κ1) is 50.2. The third-order valence-corrected chi connectivity index (χ3v) is 16.7. The van der Waals surface area contributed by atoms with Crippen LogP contribution in [-0.2, 0) is 37.4 Å². The third kappa shape index (κ3) is 7.74. The number of hydrogen-bond acceptors (Lipinski definition) is 5. The van der Waals surface area contributed by atoms with E-state index in [1.165, 1.54) is 94.7 Å². The number of anilines is 4. The fourth-order valence-electron chi connectivity index (χ4n) is 11.9. The summed E-state index contributed by atoms with van der Waals surface area (Å²) in [5, 5.41) is 0. The van der Waals surface area contributed by atoms with E-state index in [4.69, 9.17) is 14.7 Å². The molecule has 0 amide bonds. The van der Waals surface area contributed by atoms with E-state index in [1.807, 2.05) is 6.20 Å². The van der Waals surface area contributed by atoms with Gasteiger partial charge in [0.25, 0.3) is 0 Å². The van der Waals surface area contributed by atoms with Gasteiger partial charge in [0.1, 0.15) is 5.82 Å². The number of amidine groups is 1. The van der Waals surface area contributed by atoms with Crippen LogP contribution >= 0.6 is 0 Å². The van der Waals surface area contributed by atoms with Crippen molar-refractivity contribution >= 4 is 28.7 Å². The smallest absolute Gasteiger partial charge is 0.503 e. The van der Waals surface area contributed by atoms with E-state index in [0.717, 1.165) is 39.7 Å². The topological polar surface area (TPSA) is 41.0 Å². The minimum atomic E-state index is -0.572. The molecule has 1 aliphatic carbocycles. The van der Waals surface area contributed by atoms with Crippen molar-refractivity contribution in [3.8, 4) is 22.6 Å². The molecule has 0 radical (unpaired) electrons. The molecular formula is C65H70N4OPt. The van der Waals surface area contributed by atoms with E-state index in [1.54, 1.807) is 0 Å². The van der Waals surface area contributed by atoms with Gasteiger partial charge >= 0.3 is 21.1 Å². The van der Waals surface area contributed by atoms with Gasteiger partial charge in [-0.15, -0.1) is 35.4 Å². The van der Waals surface area contributed by atoms with E-state index in [0.29, 0.717) is 11.5 Å². The molecule has 5 nitrogen and oxygen atoms in total. The molecule has 6 aromatic carbocycles. The summed E-state index contributed by atoms with van der Waals surface area (Å²) in [4.78, 5) is 15.9. The summed E-state index contributed by atoms with van der Waals surface area (Å²) in [7, 11) is 0. The summed E-state index contributed by atoms with van der Waals surface area (Å²) in [6.07, 6.45) is 1.90. The first-order valence-electron chi connectivity index (χ1n) is 25.3. The number of aliphatic imine (C=N–C) groups is 1. The molecule has 2 aliphatic heterocycles. The second-order valence-corrected chi connectivity index (χ2v) is 23.0. The van der Waals surface area contributed by atoms with Crippen LogP contribution in [0.5, 0.6) is 11.5 Å². The predicted octanol–water partition coefficient (Wildman–Crippen LogP) is 17.0. The summed E-state index contributed by atoms with van der Waals surface area (Å²) in [6, 6.07) is 36.8. The Morgan fingerprint density at radius 3 is 2.00 bits per heavy atom. The van der Waals surface area contributed by atoms with Gasteiger partial charge in [-0.3, -0.25) is 0 Å². The minimum Gasteiger partial charge on any atom is -0.503 e. The van der Waals surface area contributed by atoms with Crippen molar-refractivity contribution in [1.29, 1.82) is 0 Å². The number of aryl methyl sites for hydroxylation is 5. The van der Waals surface area contributed by atoms with E-state index in [9.17, 15) is 0 Å². The molecule has 71 heavy (non-hydrogen) atoms.